The molecule has 0 saturated carbocycles. The van der Waals surface area contributed by atoms with E-state index >= 15 is 0 Å². The maximum absolute atomic E-state index is 11.5. The number of carboxylic acids is 1. The number of carboxylic acid groups (broad SMARTS) is 1. The zero-order valence-corrected chi connectivity index (χ0v) is 13.2. The molecule has 1 aromatic rings. The predicted octanol–water partition coefficient (Wildman–Crippen LogP) is 0.789. The number of rotatable bonds is 4. The number of sulfonamides is 1. The number of nitro groups is 1. The van der Waals surface area contributed by atoms with Gasteiger partial charge < -0.3 is 10.0 Å². The smallest absolute Gasteiger partial charge is 0.308 e. The fourth-order valence-electron chi connectivity index (χ4n) is 2.76. The number of hydrogen-bond acceptors (Lipinski definition) is 6. The zero-order valence-electron chi connectivity index (χ0n) is 12.4. The number of carbonyl (C=O) groups is 1. The molecule has 1 aliphatic heterocycles. The number of piperidine rings is 1. The van der Waals surface area contributed by atoms with Gasteiger partial charge in [-0.25, -0.2) is 13.6 Å². The Kier molecular flexibility index (Phi) is 4.57. The second-order valence-electron chi connectivity index (χ2n) is 5.77. The summed E-state index contributed by atoms with van der Waals surface area (Å²) in [5, 5.41) is 25.3. The van der Waals surface area contributed by atoms with Crippen LogP contribution in [-0.4, -0.2) is 37.5 Å². The van der Waals surface area contributed by atoms with Gasteiger partial charge >= 0.3 is 5.97 Å². The van der Waals surface area contributed by atoms with Crippen LogP contribution in [0.4, 0.5) is 11.4 Å². The van der Waals surface area contributed by atoms with E-state index in [-0.39, 0.29) is 23.0 Å². The van der Waals surface area contributed by atoms with Crippen LogP contribution < -0.4 is 10.0 Å². The SMILES string of the molecule is CC1CC(C(=O)O)CN(c2cc([N+](=O)[O-])cc(S(N)(=O)=O)c2)C1. The first-order valence-corrected chi connectivity index (χ1v) is 8.42. The summed E-state index contributed by atoms with van der Waals surface area (Å²) in [5.74, 6) is -1.50. The number of benzene rings is 1. The average Bonchev–Trinajstić information content (AvgIpc) is 2.45. The van der Waals surface area contributed by atoms with Gasteiger partial charge in [0.2, 0.25) is 10.0 Å². The van der Waals surface area contributed by atoms with Crippen LogP contribution in [0.2, 0.25) is 0 Å². The van der Waals surface area contributed by atoms with Crippen molar-refractivity contribution in [2.75, 3.05) is 18.0 Å². The third-order valence-corrected chi connectivity index (χ3v) is 4.68. The minimum Gasteiger partial charge on any atom is -0.481 e. The monoisotopic (exact) mass is 343 g/mol. The molecule has 2 atom stereocenters. The molecule has 0 spiro atoms. The summed E-state index contributed by atoms with van der Waals surface area (Å²) in [7, 11) is -4.11. The summed E-state index contributed by atoms with van der Waals surface area (Å²) < 4.78 is 23.0. The van der Waals surface area contributed by atoms with Crippen molar-refractivity contribution < 1.29 is 23.2 Å². The van der Waals surface area contributed by atoms with Gasteiger partial charge in [0.05, 0.1) is 15.7 Å². The van der Waals surface area contributed by atoms with Crippen molar-refractivity contribution in [2.45, 2.75) is 18.2 Å². The summed E-state index contributed by atoms with van der Waals surface area (Å²) in [6.45, 7) is 2.51. The molecular formula is C13H17N3O6S. The second-order valence-corrected chi connectivity index (χ2v) is 7.33. The Labute approximate surface area is 132 Å². The van der Waals surface area contributed by atoms with Gasteiger partial charge in [-0.1, -0.05) is 6.92 Å². The molecule has 1 fully saturated rings. The van der Waals surface area contributed by atoms with Crippen molar-refractivity contribution in [2.24, 2.45) is 17.0 Å². The van der Waals surface area contributed by atoms with Crippen LogP contribution in [-0.2, 0) is 14.8 Å². The lowest BCUT2D eigenvalue weighted by molar-refractivity contribution is -0.385. The Balaban J connectivity index is 2.47. The van der Waals surface area contributed by atoms with E-state index in [1.807, 2.05) is 6.92 Å². The molecule has 2 rings (SSSR count). The van der Waals surface area contributed by atoms with E-state index in [1.165, 1.54) is 12.1 Å². The van der Waals surface area contributed by atoms with Gasteiger partial charge in [-0.05, 0) is 18.4 Å². The molecule has 0 aromatic heterocycles. The third-order valence-electron chi connectivity index (χ3n) is 3.79. The van der Waals surface area contributed by atoms with E-state index in [0.29, 0.717) is 13.0 Å². The van der Waals surface area contributed by atoms with Crippen molar-refractivity contribution in [3.63, 3.8) is 0 Å². The van der Waals surface area contributed by atoms with Crippen molar-refractivity contribution in [1.82, 2.24) is 0 Å². The molecule has 0 bridgehead atoms. The van der Waals surface area contributed by atoms with Crippen LogP contribution in [0.25, 0.3) is 0 Å². The van der Waals surface area contributed by atoms with Crippen LogP contribution >= 0.6 is 0 Å². The van der Waals surface area contributed by atoms with Crippen molar-refractivity contribution in [3.05, 3.63) is 28.3 Å². The summed E-state index contributed by atoms with van der Waals surface area (Å²) in [6, 6.07) is 3.35. The fourth-order valence-corrected chi connectivity index (χ4v) is 3.33. The topological polar surface area (TPSA) is 144 Å². The molecule has 1 aromatic carbocycles. The van der Waals surface area contributed by atoms with Crippen LogP contribution in [0.1, 0.15) is 13.3 Å². The highest BCUT2D eigenvalue weighted by molar-refractivity contribution is 7.89. The van der Waals surface area contributed by atoms with Gasteiger partial charge in [-0.3, -0.25) is 14.9 Å². The highest BCUT2D eigenvalue weighted by Crippen LogP contribution is 2.31. The number of nitrogens with two attached hydrogens (primary N) is 1. The molecule has 2 unspecified atom stereocenters. The second kappa shape index (κ2) is 6.13. The highest BCUT2D eigenvalue weighted by atomic mass is 32.2. The molecule has 0 amide bonds. The van der Waals surface area contributed by atoms with Crippen molar-refractivity contribution >= 4 is 27.4 Å². The van der Waals surface area contributed by atoms with E-state index < -0.39 is 32.5 Å². The highest BCUT2D eigenvalue weighted by Gasteiger charge is 2.30. The Bertz CT molecular complexity index is 748. The number of primary sulfonamides is 1. The van der Waals surface area contributed by atoms with E-state index in [4.69, 9.17) is 5.14 Å². The lowest BCUT2D eigenvalue weighted by Gasteiger charge is -2.36. The van der Waals surface area contributed by atoms with E-state index in [9.17, 15) is 28.4 Å². The van der Waals surface area contributed by atoms with Gasteiger partial charge in [0, 0.05) is 30.9 Å². The first-order chi connectivity index (χ1) is 10.6. The fraction of sp³-hybridized carbons (Fsp3) is 0.462. The Hall–Kier alpha value is -2.20. The maximum Gasteiger partial charge on any atom is 0.308 e. The Morgan fingerprint density at radius 2 is 2.04 bits per heavy atom. The summed E-state index contributed by atoms with van der Waals surface area (Å²) in [4.78, 5) is 22.8. The van der Waals surface area contributed by atoms with Gasteiger partial charge in [0.25, 0.3) is 5.69 Å². The number of anilines is 1. The lowest BCUT2D eigenvalue weighted by atomic mass is 9.90. The molecule has 0 radical (unpaired) electrons. The first kappa shape index (κ1) is 17.2. The third kappa shape index (κ3) is 3.96. The van der Waals surface area contributed by atoms with Gasteiger partial charge in [-0.2, -0.15) is 0 Å². The van der Waals surface area contributed by atoms with E-state index in [2.05, 4.69) is 0 Å². The number of nitro benzene ring substituents is 1. The Morgan fingerprint density at radius 1 is 1.39 bits per heavy atom. The predicted molar refractivity (Wildman–Crippen MR) is 81.6 cm³/mol. The normalized spacial score (nSPS) is 21.9. The molecule has 126 valence electrons. The molecular weight excluding hydrogens is 326 g/mol. The molecule has 1 heterocycles. The first-order valence-electron chi connectivity index (χ1n) is 6.88. The zero-order chi connectivity index (χ0) is 17.4. The van der Waals surface area contributed by atoms with Crippen LogP contribution in [0, 0.1) is 22.0 Å². The number of aliphatic carboxylic acids is 1. The maximum atomic E-state index is 11.5. The number of non-ortho nitro benzene ring substituents is 1. The summed E-state index contributed by atoms with van der Waals surface area (Å²) in [6.07, 6.45) is 0.503. The summed E-state index contributed by atoms with van der Waals surface area (Å²) in [5.41, 5.74) is -0.127. The van der Waals surface area contributed by atoms with E-state index in [1.54, 1.807) is 4.90 Å². The molecule has 10 heteroatoms. The quantitative estimate of drug-likeness (QED) is 0.607. The van der Waals surface area contributed by atoms with Crippen LogP contribution in [0.3, 0.4) is 0 Å². The van der Waals surface area contributed by atoms with Crippen molar-refractivity contribution in [1.29, 1.82) is 0 Å². The van der Waals surface area contributed by atoms with Crippen LogP contribution in [0.5, 0.6) is 0 Å². The number of hydrogen-bond donors (Lipinski definition) is 2. The molecule has 0 aliphatic carbocycles. The summed E-state index contributed by atoms with van der Waals surface area (Å²) >= 11 is 0. The molecule has 23 heavy (non-hydrogen) atoms. The van der Waals surface area contributed by atoms with Gasteiger partial charge in [0.15, 0.2) is 0 Å². The average molecular weight is 343 g/mol. The lowest BCUT2D eigenvalue weighted by Crippen LogP contribution is -2.42. The molecule has 1 aliphatic rings. The standard InChI is InChI=1S/C13H17N3O6S/c1-8-2-9(13(17)18)7-15(6-8)10-3-11(16(19)20)5-12(4-10)23(14,21)22/h3-5,8-9H,2,6-7H2,1H3,(H,17,18)(H2,14,21,22). The van der Waals surface area contributed by atoms with Crippen molar-refractivity contribution in [3.8, 4) is 0 Å². The van der Waals surface area contributed by atoms with Crippen LogP contribution in [0.15, 0.2) is 23.1 Å². The number of nitrogens with zero attached hydrogens (tertiary/aromatic N) is 2. The molecule has 9 nitrogen and oxygen atoms in total. The van der Waals surface area contributed by atoms with Gasteiger partial charge in [-0.15, -0.1) is 0 Å². The van der Waals surface area contributed by atoms with Gasteiger partial charge in [0.1, 0.15) is 0 Å². The van der Waals surface area contributed by atoms with E-state index in [0.717, 1.165) is 6.07 Å². The largest absolute Gasteiger partial charge is 0.481 e. The molecule has 3 N–H and O–H groups in total. The molecule has 1 saturated heterocycles. The Morgan fingerprint density at radius 3 is 2.57 bits per heavy atom. The minimum absolute atomic E-state index is 0.0574. The minimum atomic E-state index is -4.11.